The molecular weight excluding hydrogens is 436 g/mol. The standard InChI is InChI=1S/C25H28N4O3S/c1-19-5-7-20(8-6-19)18-27-33(31,32)22-9-10-24(28-21-11-13-26-14-12-21)23(17-22)25(30)29-15-3-2-4-16-29/h5-14,17,27H,2-4,15-16,18H2,1H3,(H,26,28). The third-order valence-corrected chi connectivity index (χ3v) is 7.12. The molecule has 0 aliphatic carbocycles. The normalized spacial score (nSPS) is 14.2. The molecule has 1 amide bonds. The van der Waals surface area contributed by atoms with Gasteiger partial charge in [-0.25, -0.2) is 13.1 Å². The Morgan fingerprint density at radius 3 is 2.36 bits per heavy atom. The molecule has 0 bridgehead atoms. The summed E-state index contributed by atoms with van der Waals surface area (Å²) in [6.45, 7) is 3.51. The zero-order valence-electron chi connectivity index (χ0n) is 18.6. The molecule has 8 heteroatoms. The van der Waals surface area contributed by atoms with Gasteiger partial charge in [-0.05, 0) is 62.1 Å². The van der Waals surface area contributed by atoms with Crippen LogP contribution in [0.4, 0.5) is 11.4 Å². The Morgan fingerprint density at radius 2 is 1.67 bits per heavy atom. The van der Waals surface area contributed by atoms with Gasteiger partial charge in [0.1, 0.15) is 0 Å². The number of rotatable bonds is 7. The lowest BCUT2D eigenvalue weighted by molar-refractivity contribution is 0.0725. The van der Waals surface area contributed by atoms with Gasteiger partial charge >= 0.3 is 0 Å². The zero-order chi connectivity index (χ0) is 23.3. The number of benzene rings is 2. The summed E-state index contributed by atoms with van der Waals surface area (Å²) in [5.41, 5.74) is 3.65. The number of aryl methyl sites for hydroxylation is 1. The van der Waals surface area contributed by atoms with Crippen molar-refractivity contribution in [1.29, 1.82) is 0 Å². The fourth-order valence-electron chi connectivity index (χ4n) is 3.80. The van der Waals surface area contributed by atoms with Gasteiger partial charge < -0.3 is 10.2 Å². The van der Waals surface area contributed by atoms with Gasteiger partial charge in [0.15, 0.2) is 0 Å². The topological polar surface area (TPSA) is 91.4 Å². The minimum Gasteiger partial charge on any atom is -0.355 e. The summed E-state index contributed by atoms with van der Waals surface area (Å²) in [5, 5.41) is 3.23. The zero-order valence-corrected chi connectivity index (χ0v) is 19.4. The lowest BCUT2D eigenvalue weighted by Gasteiger charge is -2.28. The van der Waals surface area contributed by atoms with E-state index in [9.17, 15) is 13.2 Å². The smallest absolute Gasteiger partial charge is 0.256 e. The van der Waals surface area contributed by atoms with Crippen LogP contribution in [0, 0.1) is 6.92 Å². The molecule has 172 valence electrons. The van der Waals surface area contributed by atoms with Crippen molar-refractivity contribution < 1.29 is 13.2 Å². The largest absolute Gasteiger partial charge is 0.355 e. The molecule has 2 aromatic carbocycles. The van der Waals surface area contributed by atoms with Crippen molar-refractivity contribution in [2.75, 3.05) is 18.4 Å². The number of likely N-dealkylation sites (tertiary alicyclic amines) is 1. The second-order valence-electron chi connectivity index (χ2n) is 8.23. The first kappa shape index (κ1) is 22.9. The number of amides is 1. The molecule has 0 unspecified atom stereocenters. The second-order valence-corrected chi connectivity index (χ2v) is 10.00. The van der Waals surface area contributed by atoms with E-state index in [0.717, 1.165) is 36.1 Å². The maximum Gasteiger partial charge on any atom is 0.256 e. The van der Waals surface area contributed by atoms with E-state index in [-0.39, 0.29) is 17.3 Å². The number of anilines is 2. The number of pyridine rings is 1. The highest BCUT2D eigenvalue weighted by Crippen LogP contribution is 2.26. The van der Waals surface area contributed by atoms with Gasteiger partial charge in [-0.1, -0.05) is 29.8 Å². The summed E-state index contributed by atoms with van der Waals surface area (Å²) in [7, 11) is -3.80. The van der Waals surface area contributed by atoms with E-state index in [0.29, 0.717) is 24.3 Å². The Labute approximate surface area is 194 Å². The van der Waals surface area contributed by atoms with Crippen LogP contribution in [0.15, 0.2) is 71.9 Å². The second kappa shape index (κ2) is 10.1. The third kappa shape index (κ3) is 5.77. The molecule has 33 heavy (non-hydrogen) atoms. The highest BCUT2D eigenvalue weighted by Gasteiger charge is 2.24. The van der Waals surface area contributed by atoms with E-state index in [4.69, 9.17) is 0 Å². The van der Waals surface area contributed by atoms with Crippen molar-refractivity contribution in [2.24, 2.45) is 0 Å². The van der Waals surface area contributed by atoms with Gasteiger partial charge in [-0.3, -0.25) is 9.78 Å². The van der Waals surface area contributed by atoms with Crippen molar-refractivity contribution >= 4 is 27.3 Å². The predicted molar refractivity (Wildman–Crippen MR) is 129 cm³/mol. The van der Waals surface area contributed by atoms with Crippen LogP contribution in [-0.2, 0) is 16.6 Å². The monoisotopic (exact) mass is 464 g/mol. The summed E-state index contributed by atoms with van der Waals surface area (Å²) >= 11 is 0. The van der Waals surface area contributed by atoms with Crippen LogP contribution in [0.5, 0.6) is 0 Å². The third-order valence-electron chi connectivity index (χ3n) is 5.72. The number of nitrogens with one attached hydrogen (secondary N) is 2. The Morgan fingerprint density at radius 1 is 0.970 bits per heavy atom. The molecule has 0 atom stereocenters. The number of aromatic nitrogens is 1. The van der Waals surface area contributed by atoms with Gasteiger partial charge in [-0.2, -0.15) is 0 Å². The Balaban J connectivity index is 1.62. The van der Waals surface area contributed by atoms with Gasteiger partial charge in [0.05, 0.1) is 16.1 Å². The first-order valence-electron chi connectivity index (χ1n) is 11.1. The molecule has 0 saturated carbocycles. The van der Waals surface area contributed by atoms with Crippen molar-refractivity contribution in [3.63, 3.8) is 0 Å². The van der Waals surface area contributed by atoms with E-state index in [1.165, 1.54) is 12.1 Å². The number of hydrogen-bond donors (Lipinski definition) is 2. The molecule has 1 aromatic heterocycles. The summed E-state index contributed by atoms with van der Waals surface area (Å²) in [4.78, 5) is 19.2. The van der Waals surface area contributed by atoms with Crippen molar-refractivity contribution in [2.45, 2.75) is 37.6 Å². The molecule has 2 heterocycles. The summed E-state index contributed by atoms with van der Waals surface area (Å²) in [6.07, 6.45) is 6.32. The molecule has 7 nitrogen and oxygen atoms in total. The molecule has 1 fully saturated rings. The minimum absolute atomic E-state index is 0.0650. The van der Waals surface area contributed by atoms with Crippen molar-refractivity contribution in [1.82, 2.24) is 14.6 Å². The number of hydrogen-bond acceptors (Lipinski definition) is 5. The van der Waals surface area contributed by atoms with E-state index >= 15 is 0 Å². The number of carbonyl (C=O) groups is 1. The predicted octanol–water partition coefficient (Wildman–Crippen LogP) is 4.24. The molecule has 1 aliphatic heterocycles. The van der Waals surface area contributed by atoms with Crippen molar-refractivity contribution in [3.8, 4) is 0 Å². The van der Waals surface area contributed by atoms with E-state index in [2.05, 4.69) is 15.0 Å². The number of carbonyl (C=O) groups excluding carboxylic acids is 1. The van der Waals surface area contributed by atoms with E-state index in [1.54, 1.807) is 35.5 Å². The molecule has 4 rings (SSSR count). The first-order chi connectivity index (χ1) is 15.9. The average Bonchev–Trinajstić information content (AvgIpc) is 2.84. The summed E-state index contributed by atoms with van der Waals surface area (Å²) < 4.78 is 28.7. The first-order valence-corrected chi connectivity index (χ1v) is 12.6. The summed E-state index contributed by atoms with van der Waals surface area (Å²) in [5.74, 6) is -0.165. The lowest BCUT2D eigenvalue weighted by atomic mass is 10.1. The lowest BCUT2D eigenvalue weighted by Crippen LogP contribution is -2.36. The van der Waals surface area contributed by atoms with Crippen LogP contribution >= 0.6 is 0 Å². The van der Waals surface area contributed by atoms with E-state index in [1.807, 2.05) is 31.2 Å². The fourth-order valence-corrected chi connectivity index (χ4v) is 4.85. The Hall–Kier alpha value is -3.23. The molecule has 1 aliphatic rings. The Bertz CT molecular complexity index is 1210. The molecule has 1 saturated heterocycles. The minimum atomic E-state index is -3.80. The van der Waals surface area contributed by atoms with E-state index < -0.39 is 10.0 Å². The maximum absolute atomic E-state index is 13.4. The quantitative estimate of drug-likeness (QED) is 0.546. The van der Waals surface area contributed by atoms with Gasteiger partial charge in [0.25, 0.3) is 5.91 Å². The highest BCUT2D eigenvalue weighted by molar-refractivity contribution is 7.89. The highest BCUT2D eigenvalue weighted by atomic mass is 32.2. The maximum atomic E-state index is 13.4. The molecule has 3 aromatic rings. The molecular formula is C25H28N4O3S. The van der Waals surface area contributed by atoms with Crippen LogP contribution in [0.2, 0.25) is 0 Å². The SMILES string of the molecule is Cc1ccc(CNS(=O)(=O)c2ccc(Nc3ccncc3)c(C(=O)N3CCCCC3)c2)cc1. The number of nitrogens with zero attached hydrogens (tertiary/aromatic N) is 2. The number of piperidine rings is 1. The van der Waals surface area contributed by atoms with Gasteiger partial charge in [-0.15, -0.1) is 0 Å². The van der Waals surface area contributed by atoms with Crippen LogP contribution in [0.25, 0.3) is 0 Å². The molecule has 0 radical (unpaired) electrons. The average molecular weight is 465 g/mol. The van der Waals surface area contributed by atoms with Gasteiger partial charge in [0, 0.05) is 37.7 Å². The van der Waals surface area contributed by atoms with Gasteiger partial charge in [0.2, 0.25) is 10.0 Å². The van der Waals surface area contributed by atoms with Crippen LogP contribution in [0.3, 0.4) is 0 Å². The van der Waals surface area contributed by atoms with Crippen LogP contribution < -0.4 is 10.0 Å². The molecule has 2 N–H and O–H groups in total. The summed E-state index contributed by atoms with van der Waals surface area (Å²) in [6, 6.07) is 15.9. The molecule has 0 spiro atoms. The van der Waals surface area contributed by atoms with Crippen LogP contribution in [0.1, 0.15) is 40.7 Å². The van der Waals surface area contributed by atoms with Crippen LogP contribution in [-0.4, -0.2) is 37.3 Å². The Kier molecular flexibility index (Phi) is 7.05. The number of sulfonamides is 1. The fraction of sp³-hybridized carbons (Fsp3) is 0.280. The van der Waals surface area contributed by atoms with Crippen molar-refractivity contribution in [3.05, 3.63) is 83.7 Å².